The number of aromatic nitrogens is 2. The number of nitrogens with two attached hydrogens (primary N) is 5. The number of rotatable bonds is 48. The van der Waals surface area contributed by atoms with E-state index in [1.54, 1.807) is 74.8 Å². The van der Waals surface area contributed by atoms with Gasteiger partial charge in [-0.1, -0.05) is 89.1 Å². The van der Waals surface area contributed by atoms with Crippen molar-refractivity contribution in [3.63, 3.8) is 0 Å². The van der Waals surface area contributed by atoms with Crippen molar-refractivity contribution in [3.8, 4) is 5.75 Å². The first-order chi connectivity index (χ1) is 51.9. The lowest BCUT2D eigenvalue weighted by molar-refractivity contribution is -0.137. The molecule has 14 amide bonds. The predicted octanol–water partition coefficient (Wildman–Crippen LogP) is -2.69. The molecule has 5 rings (SSSR count). The van der Waals surface area contributed by atoms with E-state index < -0.39 is 175 Å². The molecule has 1 unspecified atom stereocenters. The maximum absolute atomic E-state index is 14.9. The fourth-order valence-corrected chi connectivity index (χ4v) is 11.7. The summed E-state index contributed by atoms with van der Waals surface area (Å²) in [6, 6.07) is 5.49. The standard InChI is InChI=1S/C74H109N19O16/c1-7-40(3)23-28-60(97)86-58(35-59(78)96)71(106)89-55(32-44-24-26-47(95)27-25-44)69(104)91-56(33-45-36-80-50-18-11-9-16-48(45)50)70(105)88-54(22-15-31-77)68(103)87-52(20-13-29-75)66(101)82-39-62(99)85-53(21-14-30-76)67(102)90-57(34-46-37-81-51-19-12-10-17-49(46)51)72(107)93-64(43(6)94)74(109)92-63(41(4)8-2)73(108)83-38-61(98)84-42(5)65(79)100/h9-12,16-19,24-27,36-37,40-43,52-58,63-64,80-81,94-95H,7-8,13-15,20-23,28-35,38-39,75-77H2,1-6H3,(H2,78,96)(H2,79,100)(H,82,101)(H,83,108)(H,84,98)(H,85,99)(H,86,97)(H,87,103)(H,88,105)(H,89,106)(H,90,102)(H,91,104)(H,92,109)(H,93,107)/t40?,41-,42-,43+,52-,53+,54+,55+,56+,57-,58+,63-,64-/m0/s1. The number of para-hydroxylation sites is 2. The topological polar surface area (TPSA) is 585 Å². The van der Waals surface area contributed by atoms with Gasteiger partial charge in [-0.05, 0) is 131 Å². The molecule has 5 aromatic rings. The highest BCUT2D eigenvalue weighted by Gasteiger charge is 2.38. The zero-order chi connectivity index (χ0) is 80.4. The first-order valence-electron chi connectivity index (χ1n) is 36.7. The van der Waals surface area contributed by atoms with Gasteiger partial charge in [-0.2, -0.15) is 0 Å². The summed E-state index contributed by atoms with van der Waals surface area (Å²) in [6.07, 6.45) is 2.18. The molecule has 0 saturated carbocycles. The lowest BCUT2D eigenvalue weighted by atomic mass is 9.97. The van der Waals surface area contributed by atoms with Gasteiger partial charge in [0.1, 0.15) is 66.2 Å². The number of nitrogens with one attached hydrogen (secondary N) is 14. The molecule has 0 fully saturated rings. The molecule has 0 bridgehead atoms. The predicted molar refractivity (Wildman–Crippen MR) is 405 cm³/mol. The number of fused-ring (bicyclic) bond motifs is 2. The fraction of sp³-hybridized carbons (Fsp3) is 0.514. The minimum absolute atomic E-state index is 0.0289. The molecule has 0 aliphatic carbocycles. The molecular formula is C74H109N19O16. The van der Waals surface area contributed by atoms with Crippen molar-refractivity contribution in [2.75, 3.05) is 32.7 Å². The van der Waals surface area contributed by atoms with Crippen molar-refractivity contribution in [3.05, 3.63) is 102 Å². The van der Waals surface area contributed by atoms with Crippen LogP contribution in [-0.4, -0.2) is 202 Å². The average Bonchev–Trinajstić information content (AvgIpc) is 1.71. The van der Waals surface area contributed by atoms with E-state index in [4.69, 9.17) is 28.7 Å². The van der Waals surface area contributed by atoms with Crippen LogP contribution >= 0.6 is 0 Å². The highest BCUT2D eigenvalue weighted by molar-refractivity contribution is 6.00. The van der Waals surface area contributed by atoms with Crippen LogP contribution in [0.25, 0.3) is 21.8 Å². The number of aliphatic hydroxyl groups excluding tert-OH is 1. The van der Waals surface area contributed by atoms with Gasteiger partial charge in [0.2, 0.25) is 82.7 Å². The van der Waals surface area contributed by atoms with Crippen molar-refractivity contribution in [1.29, 1.82) is 0 Å². The quantitative estimate of drug-likeness (QED) is 0.0189. The Morgan fingerprint density at radius 3 is 1.31 bits per heavy atom. The lowest BCUT2D eigenvalue weighted by Crippen LogP contribution is -2.62. The number of hydrogen-bond acceptors (Lipinski definition) is 19. The third kappa shape index (κ3) is 28.9. The number of aromatic hydroxyl groups is 1. The molecule has 0 spiro atoms. The molecule has 35 heteroatoms. The average molecular weight is 1520 g/mol. The van der Waals surface area contributed by atoms with Crippen LogP contribution in [-0.2, 0) is 86.4 Å². The Labute approximate surface area is 631 Å². The molecule has 0 saturated heterocycles. The summed E-state index contributed by atoms with van der Waals surface area (Å²) in [4.78, 5) is 199. The normalized spacial score (nSPS) is 14.8. The molecule has 35 nitrogen and oxygen atoms in total. The summed E-state index contributed by atoms with van der Waals surface area (Å²) in [5.41, 5.74) is 31.4. The van der Waals surface area contributed by atoms with Gasteiger partial charge in [0.05, 0.1) is 25.6 Å². The van der Waals surface area contributed by atoms with Crippen LogP contribution < -0.4 is 92.5 Å². The second kappa shape index (κ2) is 44.9. The van der Waals surface area contributed by atoms with E-state index in [0.29, 0.717) is 51.3 Å². The Bertz CT molecular complexity index is 3920. The Kier molecular flexibility index (Phi) is 36.5. The number of aliphatic hydroxyl groups is 1. The van der Waals surface area contributed by atoms with E-state index in [-0.39, 0.29) is 95.5 Å². The first-order valence-corrected chi connectivity index (χ1v) is 36.7. The van der Waals surface area contributed by atoms with E-state index in [9.17, 15) is 77.3 Å². The number of carbonyl (C=O) groups excluding carboxylic acids is 14. The maximum atomic E-state index is 14.9. The van der Waals surface area contributed by atoms with E-state index in [0.717, 1.165) is 6.42 Å². The second-order valence-electron chi connectivity index (χ2n) is 27.3. The molecule has 109 heavy (non-hydrogen) atoms. The number of phenolic OH excluding ortho intramolecular Hbond substituents is 1. The molecule has 2 aromatic heterocycles. The van der Waals surface area contributed by atoms with Crippen LogP contribution in [0, 0.1) is 11.8 Å². The molecule has 26 N–H and O–H groups in total. The number of phenols is 1. The molecule has 2 heterocycles. The van der Waals surface area contributed by atoms with Crippen LogP contribution in [0.4, 0.5) is 0 Å². The number of primary amides is 2. The van der Waals surface area contributed by atoms with Gasteiger partial charge in [0.25, 0.3) is 0 Å². The van der Waals surface area contributed by atoms with Gasteiger partial charge in [0, 0.05) is 59.9 Å². The van der Waals surface area contributed by atoms with Crippen LogP contribution in [0.5, 0.6) is 5.75 Å². The summed E-state index contributed by atoms with van der Waals surface area (Å²) < 4.78 is 0. The molecule has 0 aliphatic rings. The summed E-state index contributed by atoms with van der Waals surface area (Å²) in [5.74, 6) is -12.7. The van der Waals surface area contributed by atoms with Crippen LogP contribution in [0.2, 0.25) is 0 Å². The number of benzene rings is 3. The van der Waals surface area contributed by atoms with Crippen molar-refractivity contribution in [1.82, 2.24) is 73.8 Å². The van der Waals surface area contributed by atoms with Crippen molar-refractivity contribution >= 4 is 105 Å². The lowest BCUT2D eigenvalue weighted by Gasteiger charge is -2.29. The third-order valence-electron chi connectivity index (χ3n) is 18.6. The van der Waals surface area contributed by atoms with Gasteiger partial charge in [-0.15, -0.1) is 0 Å². The third-order valence-corrected chi connectivity index (χ3v) is 18.6. The monoisotopic (exact) mass is 1520 g/mol. The summed E-state index contributed by atoms with van der Waals surface area (Å²) in [6.45, 7) is 8.60. The first kappa shape index (κ1) is 88.6. The number of carbonyl (C=O) groups is 14. The van der Waals surface area contributed by atoms with Crippen LogP contribution in [0.3, 0.4) is 0 Å². The second-order valence-corrected chi connectivity index (χ2v) is 27.3. The fourth-order valence-electron chi connectivity index (χ4n) is 11.7. The number of hydrogen-bond donors (Lipinski definition) is 21. The Morgan fingerprint density at radius 2 is 0.844 bits per heavy atom. The molecule has 596 valence electrons. The zero-order valence-corrected chi connectivity index (χ0v) is 62.5. The Hall–Kier alpha value is -11.0. The Balaban J connectivity index is 1.36. The van der Waals surface area contributed by atoms with Crippen molar-refractivity contribution in [2.24, 2.45) is 40.5 Å². The van der Waals surface area contributed by atoms with Gasteiger partial charge in [0.15, 0.2) is 0 Å². The zero-order valence-electron chi connectivity index (χ0n) is 62.5. The molecule has 0 aliphatic heterocycles. The van der Waals surface area contributed by atoms with E-state index in [1.165, 1.54) is 38.1 Å². The summed E-state index contributed by atoms with van der Waals surface area (Å²) >= 11 is 0. The van der Waals surface area contributed by atoms with Crippen molar-refractivity contribution in [2.45, 2.75) is 198 Å². The van der Waals surface area contributed by atoms with E-state index >= 15 is 0 Å². The smallest absolute Gasteiger partial charge is 0.245 e. The summed E-state index contributed by atoms with van der Waals surface area (Å²) in [7, 11) is 0. The number of aromatic amines is 2. The van der Waals surface area contributed by atoms with Gasteiger partial charge < -0.3 is 113 Å². The highest BCUT2D eigenvalue weighted by atomic mass is 16.3. The van der Waals surface area contributed by atoms with Crippen molar-refractivity contribution < 1.29 is 77.3 Å². The SMILES string of the molecule is CCC(C)CCC(=O)N[C@H](CC(N)=O)C(=O)N[C@H](Cc1ccc(O)cc1)C(=O)N[C@H](Cc1c[nH]c2ccccc12)C(=O)N[C@H](CCCN)C(=O)N[C@@H](CCCN)C(=O)NCC(=O)N[C@H](CCCN)C(=O)N[C@@H](Cc1c[nH]c2ccccc12)C(=O)N[C@H](C(=O)N[C@H](C(=O)NCC(=O)N[C@@H](C)C(N)=O)[C@@H](C)CC)[C@@H](C)O. The summed E-state index contributed by atoms with van der Waals surface area (Å²) in [5, 5.41) is 53.4. The van der Waals surface area contributed by atoms with Crippen LogP contribution in [0.1, 0.15) is 129 Å². The highest BCUT2D eigenvalue weighted by Crippen LogP contribution is 2.23. The van der Waals surface area contributed by atoms with Crippen LogP contribution in [0.15, 0.2) is 85.2 Å². The number of H-pyrrole nitrogens is 2. The van der Waals surface area contributed by atoms with Gasteiger partial charge >= 0.3 is 0 Å². The molecule has 0 radical (unpaired) electrons. The molecule has 3 aromatic carbocycles. The van der Waals surface area contributed by atoms with E-state index in [2.05, 4.69) is 73.8 Å². The minimum Gasteiger partial charge on any atom is -0.508 e. The Morgan fingerprint density at radius 1 is 0.431 bits per heavy atom. The largest absolute Gasteiger partial charge is 0.508 e. The maximum Gasteiger partial charge on any atom is 0.245 e. The number of amides is 14. The van der Waals surface area contributed by atoms with Gasteiger partial charge in [-0.3, -0.25) is 67.1 Å². The van der Waals surface area contributed by atoms with Gasteiger partial charge in [-0.25, -0.2) is 0 Å². The molecular weight excluding hydrogens is 1410 g/mol. The van der Waals surface area contributed by atoms with E-state index in [1.807, 2.05) is 13.8 Å². The minimum atomic E-state index is -1.75. The molecule has 13 atom stereocenters.